The maximum Gasteiger partial charge on any atom is 0.291 e. The van der Waals surface area contributed by atoms with Crippen LogP contribution in [0.1, 0.15) is 11.4 Å². The second-order valence-corrected chi connectivity index (χ2v) is 8.02. The molecule has 0 radical (unpaired) electrons. The maximum absolute atomic E-state index is 12.6. The van der Waals surface area contributed by atoms with Crippen molar-refractivity contribution < 1.29 is 17.2 Å². The fourth-order valence-electron chi connectivity index (χ4n) is 1.76. The second-order valence-electron chi connectivity index (χ2n) is 4.05. The highest BCUT2D eigenvalue weighted by atomic mass is 35.7. The van der Waals surface area contributed by atoms with E-state index in [-0.39, 0.29) is 20.6 Å². The van der Waals surface area contributed by atoms with Crippen LogP contribution in [0.2, 0.25) is 5.15 Å². The van der Waals surface area contributed by atoms with Gasteiger partial charge in [0.05, 0.1) is 22.2 Å². The number of aromatic nitrogens is 4. The molecule has 0 amide bonds. The standard InChI is InChI=1S/C10H4Cl2F2N4O2S2/c11-7-2-4(22(12,19)20)1-6-5(3-15-18(6)7)9-16-17-10(21-9)8(13)14/h1-3,8H. The van der Waals surface area contributed by atoms with Gasteiger partial charge in [0.1, 0.15) is 5.15 Å². The average molecular weight is 385 g/mol. The Morgan fingerprint density at radius 3 is 2.59 bits per heavy atom. The van der Waals surface area contributed by atoms with E-state index in [1.165, 1.54) is 16.8 Å². The van der Waals surface area contributed by atoms with Crippen molar-refractivity contribution >= 4 is 48.2 Å². The van der Waals surface area contributed by atoms with Crippen LogP contribution in [0.25, 0.3) is 16.1 Å². The number of hydrogen-bond acceptors (Lipinski definition) is 6. The largest absolute Gasteiger partial charge is 0.291 e. The molecule has 0 spiro atoms. The zero-order chi connectivity index (χ0) is 16.1. The number of alkyl halides is 2. The summed E-state index contributed by atoms with van der Waals surface area (Å²) in [6.07, 6.45) is -1.41. The predicted molar refractivity (Wildman–Crippen MR) is 77.1 cm³/mol. The number of rotatable bonds is 3. The van der Waals surface area contributed by atoms with Gasteiger partial charge in [0, 0.05) is 10.7 Å². The summed E-state index contributed by atoms with van der Waals surface area (Å²) in [6, 6.07) is 2.37. The molecule has 22 heavy (non-hydrogen) atoms. The molecule has 0 fully saturated rings. The summed E-state index contributed by atoms with van der Waals surface area (Å²) in [6.45, 7) is 0. The van der Waals surface area contributed by atoms with Crippen LogP contribution < -0.4 is 0 Å². The summed E-state index contributed by atoms with van der Waals surface area (Å²) in [5, 5.41) is 10.7. The Bertz CT molecular complexity index is 971. The van der Waals surface area contributed by atoms with E-state index in [2.05, 4.69) is 15.3 Å². The van der Waals surface area contributed by atoms with Gasteiger partial charge in [-0.3, -0.25) is 0 Å². The molecule has 0 saturated carbocycles. The van der Waals surface area contributed by atoms with Gasteiger partial charge in [0.2, 0.25) is 0 Å². The minimum Gasteiger partial charge on any atom is -0.221 e. The first-order chi connectivity index (χ1) is 10.3. The lowest BCUT2D eigenvalue weighted by Crippen LogP contribution is -1.96. The molecule has 0 atom stereocenters. The molecule has 116 valence electrons. The summed E-state index contributed by atoms with van der Waals surface area (Å²) in [4.78, 5) is -0.230. The number of pyridine rings is 1. The van der Waals surface area contributed by atoms with Crippen molar-refractivity contribution in [2.75, 3.05) is 0 Å². The van der Waals surface area contributed by atoms with E-state index in [0.717, 1.165) is 6.07 Å². The highest BCUT2D eigenvalue weighted by Gasteiger charge is 2.20. The zero-order valence-electron chi connectivity index (χ0n) is 10.2. The third-order valence-corrected chi connectivity index (χ3v) is 5.25. The van der Waals surface area contributed by atoms with E-state index in [4.69, 9.17) is 22.3 Å². The van der Waals surface area contributed by atoms with Crippen molar-refractivity contribution in [2.24, 2.45) is 0 Å². The van der Waals surface area contributed by atoms with E-state index in [1.54, 1.807) is 0 Å². The Morgan fingerprint density at radius 1 is 1.27 bits per heavy atom. The van der Waals surface area contributed by atoms with Crippen molar-refractivity contribution in [1.29, 1.82) is 0 Å². The summed E-state index contributed by atoms with van der Waals surface area (Å²) in [5.74, 6) is 0. The molecule has 0 aliphatic heterocycles. The summed E-state index contributed by atoms with van der Waals surface area (Å²) < 4.78 is 49.3. The fourth-order valence-corrected chi connectivity index (χ4v) is 3.57. The van der Waals surface area contributed by atoms with Gasteiger partial charge in [-0.15, -0.1) is 10.2 Å². The molecule has 0 unspecified atom stereocenters. The molecular formula is C10H4Cl2F2N4O2S2. The SMILES string of the molecule is O=S(=O)(Cl)c1cc(Cl)n2ncc(-c3nnc(C(F)F)s3)c2c1. The number of hydrogen-bond donors (Lipinski definition) is 0. The van der Waals surface area contributed by atoms with Gasteiger partial charge in [0.15, 0.2) is 10.0 Å². The van der Waals surface area contributed by atoms with Crippen LogP contribution in [-0.2, 0) is 9.05 Å². The van der Waals surface area contributed by atoms with Crippen molar-refractivity contribution in [3.63, 3.8) is 0 Å². The van der Waals surface area contributed by atoms with Crippen LogP contribution in [0.5, 0.6) is 0 Å². The van der Waals surface area contributed by atoms with Crippen molar-refractivity contribution in [1.82, 2.24) is 19.8 Å². The highest BCUT2D eigenvalue weighted by molar-refractivity contribution is 8.13. The Kier molecular flexibility index (Phi) is 3.79. The number of fused-ring (bicyclic) bond motifs is 1. The van der Waals surface area contributed by atoms with Gasteiger partial charge in [-0.1, -0.05) is 22.9 Å². The Hall–Kier alpha value is -1.36. The predicted octanol–water partition coefficient (Wildman–Crippen LogP) is 3.37. The van der Waals surface area contributed by atoms with Gasteiger partial charge >= 0.3 is 0 Å². The van der Waals surface area contributed by atoms with Crippen LogP contribution in [-0.4, -0.2) is 28.2 Å². The zero-order valence-corrected chi connectivity index (χ0v) is 13.4. The highest BCUT2D eigenvalue weighted by Crippen LogP contribution is 2.33. The van der Waals surface area contributed by atoms with Crippen LogP contribution in [0, 0.1) is 0 Å². The Balaban J connectivity index is 2.24. The molecule has 0 aromatic carbocycles. The molecule has 0 aliphatic carbocycles. The third kappa shape index (κ3) is 2.67. The van der Waals surface area contributed by atoms with E-state index < -0.39 is 20.5 Å². The first kappa shape index (κ1) is 15.5. The lowest BCUT2D eigenvalue weighted by Gasteiger charge is -2.02. The van der Waals surface area contributed by atoms with E-state index in [9.17, 15) is 17.2 Å². The van der Waals surface area contributed by atoms with Crippen LogP contribution >= 0.6 is 33.6 Å². The Morgan fingerprint density at radius 2 is 2.00 bits per heavy atom. The molecule has 12 heteroatoms. The molecule has 3 aromatic heterocycles. The van der Waals surface area contributed by atoms with Crippen molar-refractivity contribution in [3.05, 3.63) is 28.5 Å². The Labute approximate surface area is 135 Å². The minimum absolute atomic E-state index is 0.00146. The lowest BCUT2D eigenvalue weighted by atomic mass is 10.3. The average Bonchev–Trinajstić information content (AvgIpc) is 3.03. The molecule has 0 N–H and O–H groups in total. The lowest BCUT2D eigenvalue weighted by molar-refractivity contribution is 0.150. The molecule has 3 aromatic rings. The normalized spacial score (nSPS) is 12.4. The van der Waals surface area contributed by atoms with Gasteiger partial charge in [-0.05, 0) is 12.1 Å². The van der Waals surface area contributed by atoms with Crippen LogP contribution in [0.15, 0.2) is 23.2 Å². The molecule has 0 bridgehead atoms. The van der Waals surface area contributed by atoms with Gasteiger partial charge < -0.3 is 0 Å². The first-order valence-corrected chi connectivity index (χ1v) is 9.01. The second kappa shape index (κ2) is 5.37. The van der Waals surface area contributed by atoms with Gasteiger partial charge in [0.25, 0.3) is 15.5 Å². The molecule has 6 nitrogen and oxygen atoms in total. The van der Waals surface area contributed by atoms with Crippen LogP contribution in [0.4, 0.5) is 8.78 Å². The molecule has 0 saturated heterocycles. The fraction of sp³-hybridized carbons (Fsp3) is 0.100. The third-order valence-electron chi connectivity index (χ3n) is 2.69. The number of halogens is 4. The number of nitrogens with zero attached hydrogens (tertiary/aromatic N) is 4. The quantitative estimate of drug-likeness (QED) is 0.510. The van der Waals surface area contributed by atoms with Crippen LogP contribution in [0.3, 0.4) is 0 Å². The minimum atomic E-state index is -4.01. The van der Waals surface area contributed by atoms with Crippen molar-refractivity contribution in [3.8, 4) is 10.6 Å². The summed E-state index contributed by atoms with van der Waals surface area (Å²) in [5.41, 5.74) is 0.595. The van der Waals surface area contributed by atoms with E-state index in [1.807, 2.05) is 0 Å². The van der Waals surface area contributed by atoms with Crippen molar-refractivity contribution in [2.45, 2.75) is 11.3 Å². The summed E-state index contributed by atoms with van der Waals surface area (Å²) >= 11 is 6.63. The molecular weight excluding hydrogens is 381 g/mol. The molecule has 3 rings (SSSR count). The first-order valence-electron chi connectivity index (χ1n) is 5.51. The maximum atomic E-state index is 12.6. The summed E-state index contributed by atoms with van der Waals surface area (Å²) in [7, 11) is 1.29. The van der Waals surface area contributed by atoms with Gasteiger partial charge in [-0.2, -0.15) is 5.10 Å². The van der Waals surface area contributed by atoms with Gasteiger partial charge in [-0.25, -0.2) is 21.7 Å². The molecule has 0 aliphatic rings. The monoisotopic (exact) mass is 384 g/mol. The van der Waals surface area contributed by atoms with E-state index in [0.29, 0.717) is 16.9 Å². The molecule has 3 heterocycles. The topological polar surface area (TPSA) is 77.2 Å². The van der Waals surface area contributed by atoms with E-state index >= 15 is 0 Å². The smallest absolute Gasteiger partial charge is 0.221 e.